The first-order chi connectivity index (χ1) is 15.5. The first kappa shape index (κ1) is 23.2. The lowest BCUT2D eigenvalue weighted by molar-refractivity contribution is -0.156. The van der Waals surface area contributed by atoms with Crippen LogP contribution in [0.25, 0.3) is 6.08 Å². The zero-order chi connectivity index (χ0) is 22.9. The molecule has 0 amide bonds. The van der Waals surface area contributed by atoms with Crippen LogP contribution in [-0.4, -0.2) is 29.0 Å². The number of ether oxygens (including phenoxy) is 2. The number of allylic oxidation sites excluding steroid dienone is 1. The quantitative estimate of drug-likeness (QED) is 0.327. The van der Waals surface area contributed by atoms with E-state index in [0.717, 1.165) is 16.7 Å². The number of hydrogen-bond acceptors (Lipinski definition) is 4. The lowest BCUT2D eigenvalue weighted by atomic mass is 10.1. The molecule has 1 atom stereocenters. The van der Waals surface area contributed by atoms with Gasteiger partial charge in [-0.1, -0.05) is 66.2 Å². The zero-order valence-corrected chi connectivity index (χ0v) is 18.8. The van der Waals surface area contributed by atoms with E-state index < -0.39 is 6.10 Å². The highest BCUT2D eigenvalue weighted by Gasteiger charge is 2.14. The van der Waals surface area contributed by atoms with Gasteiger partial charge in [0.2, 0.25) is 5.78 Å². The monoisotopic (exact) mass is 431 g/mol. The van der Waals surface area contributed by atoms with E-state index in [1.165, 1.54) is 0 Å². The molecular weight excluding hydrogens is 402 g/mol. The van der Waals surface area contributed by atoms with E-state index in [4.69, 9.17) is 9.47 Å². The summed E-state index contributed by atoms with van der Waals surface area (Å²) in [4.78, 5) is 24.4. The standard InChI is InChI=1S/C27H29NO4/c1-4-31-27(30)21(3)32-19-23-13-11-22(12-14-23)7-5-17-28-18-6-8-25(28)26(29)24-15-9-20(2)10-16-24/h5-16,18,21H,4,17,19H2,1-3H3/b7-5-. The third-order valence-corrected chi connectivity index (χ3v) is 5.09. The molecule has 0 radical (unpaired) electrons. The van der Waals surface area contributed by atoms with Gasteiger partial charge in [0.25, 0.3) is 0 Å². The van der Waals surface area contributed by atoms with Crippen LogP contribution in [-0.2, 0) is 27.4 Å². The second kappa shape index (κ2) is 11.3. The summed E-state index contributed by atoms with van der Waals surface area (Å²) in [5.41, 5.74) is 4.52. The number of hydrogen-bond donors (Lipinski definition) is 0. The largest absolute Gasteiger partial charge is 0.464 e. The average molecular weight is 432 g/mol. The smallest absolute Gasteiger partial charge is 0.334 e. The van der Waals surface area contributed by atoms with Gasteiger partial charge >= 0.3 is 5.97 Å². The van der Waals surface area contributed by atoms with Gasteiger partial charge in [-0.05, 0) is 44.0 Å². The molecule has 1 aromatic heterocycles. The highest BCUT2D eigenvalue weighted by Crippen LogP contribution is 2.13. The molecule has 0 bridgehead atoms. The van der Waals surface area contributed by atoms with Crippen LogP contribution in [0.4, 0.5) is 0 Å². The number of rotatable bonds is 10. The van der Waals surface area contributed by atoms with Crippen molar-refractivity contribution >= 4 is 17.8 Å². The maximum atomic E-state index is 12.8. The van der Waals surface area contributed by atoms with Crippen molar-refractivity contribution in [1.82, 2.24) is 4.57 Å². The van der Waals surface area contributed by atoms with Crippen LogP contribution in [0.2, 0.25) is 0 Å². The fraction of sp³-hybridized carbons (Fsp3) is 0.259. The fourth-order valence-corrected chi connectivity index (χ4v) is 3.21. The molecule has 166 valence electrons. The Labute approximate surface area is 189 Å². The number of ketones is 1. The molecule has 0 fully saturated rings. The van der Waals surface area contributed by atoms with Gasteiger partial charge in [-0.25, -0.2) is 4.79 Å². The van der Waals surface area contributed by atoms with E-state index in [1.54, 1.807) is 13.8 Å². The second-order valence-electron chi connectivity index (χ2n) is 7.59. The van der Waals surface area contributed by atoms with Gasteiger partial charge < -0.3 is 14.0 Å². The summed E-state index contributed by atoms with van der Waals surface area (Å²) in [5, 5.41) is 0. The number of carbonyl (C=O) groups excluding carboxylic acids is 2. The second-order valence-corrected chi connectivity index (χ2v) is 7.59. The van der Waals surface area contributed by atoms with E-state index in [9.17, 15) is 9.59 Å². The Balaban J connectivity index is 1.56. The first-order valence-electron chi connectivity index (χ1n) is 10.8. The molecule has 5 heteroatoms. The summed E-state index contributed by atoms with van der Waals surface area (Å²) >= 11 is 0. The van der Waals surface area contributed by atoms with Crippen LogP contribution in [0, 0.1) is 6.92 Å². The maximum absolute atomic E-state index is 12.8. The predicted molar refractivity (Wildman–Crippen MR) is 125 cm³/mol. The Kier molecular flexibility index (Phi) is 8.17. The molecule has 5 nitrogen and oxygen atoms in total. The summed E-state index contributed by atoms with van der Waals surface area (Å²) in [7, 11) is 0. The number of esters is 1. The highest BCUT2D eigenvalue weighted by molar-refractivity contribution is 6.08. The molecule has 0 aliphatic rings. The summed E-state index contributed by atoms with van der Waals surface area (Å²) in [5.74, 6) is -0.331. The molecule has 1 heterocycles. The van der Waals surface area contributed by atoms with Gasteiger partial charge in [0.05, 0.1) is 18.9 Å². The fourth-order valence-electron chi connectivity index (χ4n) is 3.21. The van der Waals surface area contributed by atoms with Crippen LogP contribution >= 0.6 is 0 Å². The number of carbonyl (C=O) groups is 2. The molecule has 0 saturated carbocycles. The van der Waals surface area contributed by atoms with Crippen LogP contribution in [0.1, 0.15) is 46.6 Å². The van der Waals surface area contributed by atoms with Crippen molar-refractivity contribution in [2.24, 2.45) is 0 Å². The molecule has 32 heavy (non-hydrogen) atoms. The summed E-state index contributed by atoms with van der Waals surface area (Å²) < 4.78 is 12.4. The minimum absolute atomic E-state index is 0.0183. The van der Waals surface area contributed by atoms with Gasteiger partial charge in [-0.15, -0.1) is 0 Å². The van der Waals surface area contributed by atoms with Crippen molar-refractivity contribution < 1.29 is 19.1 Å². The van der Waals surface area contributed by atoms with E-state index >= 15 is 0 Å². The van der Waals surface area contributed by atoms with Gasteiger partial charge in [0, 0.05) is 18.3 Å². The van der Waals surface area contributed by atoms with Crippen LogP contribution in [0.15, 0.2) is 72.9 Å². The summed E-state index contributed by atoms with van der Waals surface area (Å²) in [6.45, 7) is 6.76. The molecular formula is C27H29NO4. The van der Waals surface area contributed by atoms with E-state index in [1.807, 2.05) is 90.5 Å². The molecule has 0 spiro atoms. The number of aryl methyl sites for hydroxylation is 1. The summed E-state index contributed by atoms with van der Waals surface area (Å²) in [6, 6.07) is 19.3. The third-order valence-electron chi connectivity index (χ3n) is 5.09. The van der Waals surface area contributed by atoms with Gasteiger partial charge in [-0.3, -0.25) is 4.79 Å². The van der Waals surface area contributed by atoms with E-state index in [-0.39, 0.29) is 11.8 Å². The highest BCUT2D eigenvalue weighted by atomic mass is 16.6. The lowest BCUT2D eigenvalue weighted by Crippen LogP contribution is -2.23. The zero-order valence-electron chi connectivity index (χ0n) is 18.8. The first-order valence-corrected chi connectivity index (χ1v) is 10.8. The molecule has 0 aliphatic carbocycles. The van der Waals surface area contributed by atoms with Crippen molar-refractivity contribution in [1.29, 1.82) is 0 Å². The van der Waals surface area contributed by atoms with Crippen LogP contribution < -0.4 is 0 Å². The third kappa shape index (κ3) is 6.28. The molecule has 2 aromatic carbocycles. The SMILES string of the molecule is CCOC(=O)C(C)OCc1ccc(/C=C\Cn2cccc2C(=O)c2ccc(C)cc2)cc1. The Hall–Kier alpha value is -3.44. The molecule has 0 aliphatic heterocycles. The Bertz CT molecular complexity index is 1060. The molecule has 1 unspecified atom stereocenters. The number of aromatic nitrogens is 1. The van der Waals surface area contributed by atoms with Crippen molar-refractivity contribution in [3.63, 3.8) is 0 Å². The minimum Gasteiger partial charge on any atom is -0.464 e. The number of nitrogens with zero attached hydrogens (tertiary/aromatic N) is 1. The minimum atomic E-state index is -0.590. The Morgan fingerprint density at radius 3 is 2.44 bits per heavy atom. The Morgan fingerprint density at radius 1 is 1.03 bits per heavy atom. The van der Waals surface area contributed by atoms with Crippen molar-refractivity contribution in [3.8, 4) is 0 Å². The topological polar surface area (TPSA) is 57.5 Å². The maximum Gasteiger partial charge on any atom is 0.334 e. The molecule has 3 aromatic rings. The predicted octanol–water partition coefficient (Wildman–Crippen LogP) is 5.21. The normalized spacial score (nSPS) is 12.1. The van der Waals surface area contributed by atoms with Gasteiger partial charge in [0.15, 0.2) is 6.10 Å². The van der Waals surface area contributed by atoms with E-state index in [2.05, 4.69) is 0 Å². The Morgan fingerprint density at radius 2 is 1.75 bits per heavy atom. The van der Waals surface area contributed by atoms with Crippen molar-refractivity contribution in [3.05, 3.63) is 101 Å². The van der Waals surface area contributed by atoms with Crippen LogP contribution in [0.3, 0.4) is 0 Å². The molecule has 3 rings (SSSR count). The molecule has 0 saturated heterocycles. The number of benzene rings is 2. The van der Waals surface area contributed by atoms with Gasteiger partial charge in [0.1, 0.15) is 0 Å². The lowest BCUT2D eigenvalue weighted by Gasteiger charge is -2.11. The molecule has 0 N–H and O–H groups in total. The van der Waals surface area contributed by atoms with Crippen molar-refractivity contribution in [2.45, 2.75) is 40.0 Å². The van der Waals surface area contributed by atoms with Gasteiger partial charge in [-0.2, -0.15) is 0 Å². The summed E-state index contributed by atoms with van der Waals surface area (Å²) in [6.07, 6.45) is 5.37. The average Bonchev–Trinajstić information content (AvgIpc) is 3.27. The van der Waals surface area contributed by atoms with E-state index in [0.29, 0.717) is 31.0 Å². The van der Waals surface area contributed by atoms with Crippen LogP contribution in [0.5, 0.6) is 0 Å². The van der Waals surface area contributed by atoms with Crippen molar-refractivity contribution in [2.75, 3.05) is 6.61 Å².